The normalized spacial score (nSPS) is 12.6. The number of ketones is 1. The Morgan fingerprint density at radius 3 is 2.75 bits per heavy atom. The van der Waals surface area contributed by atoms with E-state index in [-0.39, 0.29) is 12.2 Å². The maximum Gasteiger partial charge on any atom is 0.454 e. The average molecular weight is 233 g/mol. The van der Waals surface area contributed by atoms with Crippen LogP contribution in [0.3, 0.4) is 0 Å². The Kier molecular flexibility index (Phi) is 3.76. The summed E-state index contributed by atoms with van der Waals surface area (Å²) in [6.45, 7) is 1.62. The number of halogens is 3. The quantitative estimate of drug-likeness (QED) is 0.812. The van der Waals surface area contributed by atoms with Gasteiger partial charge in [0.05, 0.1) is 12.8 Å². The topological polar surface area (TPSA) is 42.2 Å². The van der Waals surface area contributed by atoms with Crippen molar-refractivity contribution < 1.29 is 22.4 Å². The van der Waals surface area contributed by atoms with Gasteiger partial charge in [0.15, 0.2) is 0 Å². The van der Waals surface area contributed by atoms with Gasteiger partial charge < -0.3 is 9.73 Å². The van der Waals surface area contributed by atoms with Crippen molar-refractivity contribution in [3.63, 3.8) is 0 Å². The van der Waals surface area contributed by atoms with Crippen molar-refractivity contribution in [2.75, 3.05) is 0 Å². The molecule has 1 aromatic rings. The van der Waals surface area contributed by atoms with Gasteiger partial charge in [-0.05, 0) is 19.1 Å². The zero-order chi connectivity index (χ0) is 12.2. The molecular weight excluding hydrogens is 223 g/mol. The molecule has 88 valence electrons. The van der Waals surface area contributed by atoms with Gasteiger partial charge in [0, 0.05) is 11.8 Å². The molecule has 0 saturated heterocycles. The molecule has 0 unspecified atom stereocenters. The molecule has 1 rings (SSSR count). The average Bonchev–Trinajstić information content (AvgIpc) is 2.65. The standard InChI is InChI=1S/C10H10F3NO2/c1-7(5-9(15)10(11,12)13)14-6-8-3-2-4-16-8/h2-5,14H,6H2,1H3/b7-5+. The van der Waals surface area contributed by atoms with E-state index in [0.29, 0.717) is 11.8 Å². The lowest BCUT2D eigenvalue weighted by Crippen LogP contribution is -2.22. The zero-order valence-corrected chi connectivity index (χ0v) is 8.47. The molecule has 1 heterocycles. The fourth-order valence-corrected chi connectivity index (χ4v) is 0.969. The van der Waals surface area contributed by atoms with Crippen molar-refractivity contribution in [2.24, 2.45) is 0 Å². The molecule has 16 heavy (non-hydrogen) atoms. The fraction of sp³-hybridized carbons (Fsp3) is 0.300. The summed E-state index contributed by atoms with van der Waals surface area (Å²) in [6, 6.07) is 3.34. The number of alkyl halides is 3. The first-order valence-corrected chi connectivity index (χ1v) is 4.45. The molecule has 0 bridgehead atoms. The van der Waals surface area contributed by atoms with Gasteiger partial charge in [0.25, 0.3) is 5.78 Å². The highest BCUT2D eigenvalue weighted by molar-refractivity contribution is 5.94. The van der Waals surface area contributed by atoms with Crippen molar-refractivity contribution in [1.82, 2.24) is 5.32 Å². The van der Waals surface area contributed by atoms with Crippen LogP contribution in [-0.2, 0) is 11.3 Å². The third-order valence-electron chi connectivity index (χ3n) is 1.75. The molecule has 0 radical (unpaired) electrons. The molecule has 0 aromatic carbocycles. The predicted molar refractivity (Wildman–Crippen MR) is 50.4 cm³/mol. The summed E-state index contributed by atoms with van der Waals surface area (Å²) >= 11 is 0. The number of hydrogen-bond acceptors (Lipinski definition) is 3. The number of furan rings is 1. The fourth-order valence-electron chi connectivity index (χ4n) is 0.969. The van der Waals surface area contributed by atoms with Crippen LogP contribution < -0.4 is 5.32 Å². The third-order valence-corrected chi connectivity index (χ3v) is 1.75. The van der Waals surface area contributed by atoms with E-state index in [1.165, 1.54) is 13.2 Å². The SMILES string of the molecule is C/C(=C\C(=O)C(F)(F)F)NCc1ccco1. The van der Waals surface area contributed by atoms with Crippen molar-refractivity contribution in [3.8, 4) is 0 Å². The summed E-state index contributed by atoms with van der Waals surface area (Å²) in [4.78, 5) is 10.6. The van der Waals surface area contributed by atoms with E-state index in [1.807, 2.05) is 0 Å². The van der Waals surface area contributed by atoms with Gasteiger partial charge in [-0.1, -0.05) is 0 Å². The molecule has 1 N–H and O–H groups in total. The molecule has 0 amide bonds. The smallest absolute Gasteiger partial charge is 0.454 e. The van der Waals surface area contributed by atoms with Crippen LogP contribution in [-0.4, -0.2) is 12.0 Å². The van der Waals surface area contributed by atoms with Gasteiger partial charge in [0.1, 0.15) is 5.76 Å². The summed E-state index contributed by atoms with van der Waals surface area (Å²) in [6.07, 6.45) is -2.85. The molecule has 0 aliphatic heterocycles. The third kappa shape index (κ3) is 3.80. The van der Waals surface area contributed by atoms with Crippen LogP contribution in [0.15, 0.2) is 34.6 Å². The Labute approximate surface area is 89.9 Å². The molecule has 0 saturated carbocycles. The number of allylic oxidation sites excluding steroid dienone is 2. The second kappa shape index (κ2) is 4.87. The Balaban J connectivity index is 2.49. The summed E-state index contributed by atoms with van der Waals surface area (Å²) in [5, 5.41) is 2.63. The molecule has 1 aromatic heterocycles. The highest BCUT2D eigenvalue weighted by Crippen LogP contribution is 2.17. The van der Waals surface area contributed by atoms with Crippen molar-refractivity contribution in [3.05, 3.63) is 35.9 Å². The van der Waals surface area contributed by atoms with E-state index in [9.17, 15) is 18.0 Å². The second-order valence-corrected chi connectivity index (χ2v) is 3.12. The molecule has 0 atom stereocenters. The van der Waals surface area contributed by atoms with Gasteiger partial charge in [-0.2, -0.15) is 13.2 Å². The van der Waals surface area contributed by atoms with Crippen LogP contribution in [0.4, 0.5) is 13.2 Å². The van der Waals surface area contributed by atoms with Crippen LogP contribution in [0.2, 0.25) is 0 Å². The lowest BCUT2D eigenvalue weighted by molar-refractivity contribution is -0.165. The molecular formula is C10H10F3NO2. The first-order chi connectivity index (χ1) is 7.39. The molecule has 0 spiro atoms. The second-order valence-electron chi connectivity index (χ2n) is 3.12. The summed E-state index contributed by atoms with van der Waals surface area (Å²) in [5.41, 5.74) is 0.138. The van der Waals surface area contributed by atoms with Crippen LogP contribution in [0, 0.1) is 0 Å². The molecule has 3 nitrogen and oxygen atoms in total. The Bertz CT molecular complexity index is 379. The van der Waals surface area contributed by atoms with Gasteiger partial charge in [-0.25, -0.2) is 0 Å². The number of rotatable bonds is 4. The maximum absolute atomic E-state index is 11.9. The van der Waals surface area contributed by atoms with E-state index < -0.39 is 12.0 Å². The van der Waals surface area contributed by atoms with E-state index >= 15 is 0 Å². The van der Waals surface area contributed by atoms with Crippen molar-refractivity contribution in [2.45, 2.75) is 19.6 Å². The highest BCUT2D eigenvalue weighted by Gasteiger charge is 2.36. The predicted octanol–water partition coefficient (Wildman–Crippen LogP) is 2.40. The minimum Gasteiger partial charge on any atom is -0.467 e. The number of nitrogens with one attached hydrogen (secondary N) is 1. The molecule has 0 fully saturated rings. The van der Waals surface area contributed by atoms with Crippen molar-refractivity contribution in [1.29, 1.82) is 0 Å². The van der Waals surface area contributed by atoms with Crippen LogP contribution in [0.5, 0.6) is 0 Å². The van der Waals surface area contributed by atoms with Gasteiger partial charge in [-0.3, -0.25) is 4.79 Å². The Hall–Kier alpha value is -1.72. The zero-order valence-electron chi connectivity index (χ0n) is 8.47. The largest absolute Gasteiger partial charge is 0.467 e. The van der Waals surface area contributed by atoms with Gasteiger partial charge in [-0.15, -0.1) is 0 Å². The molecule has 6 heteroatoms. The van der Waals surface area contributed by atoms with E-state index in [0.717, 1.165) is 0 Å². The molecule has 0 aliphatic rings. The van der Waals surface area contributed by atoms with E-state index in [4.69, 9.17) is 4.42 Å². The van der Waals surface area contributed by atoms with E-state index in [2.05, 4.69) is 5.32 Å². The lowest BCUT2D eigenvalue weighted by Gasteiger charge is -2.05. The number of hydrogen-bond donors (Lipinski definition) is 1. The summed E-state index contributed by atoms with van der Waals surface area (Å²) in [5.74, 6) is -1.30. The summed E-state index contributed by atoms with van der Waals surface area (Å²) in [7, 11) is 0. The number of carbonyl (C=O) groups excluding carboxylic acids is 1. The highest BCUT2D eigenvalue weighted by atomic mass is 19.4. The Morgan fingerprint density at radius 1 is 1.56 bits per heavy atom. The van der Waals surface area contributed by atoms with Gasteiger partial charge >= 0.3 is 6.18 Å². The van der Waals surface area contributed by atoms with Crippen molar-refractivity contribution >= 4 is 5.78 Å². The van der Waals surface area contributed by atoms with Crippen LogP contribution >= 0.6 is 0 Å². The first kappa shape index (κ1) is 12.4. The van der Waals surface area contributed by atoms with E-state index in [1.54, 1.807) is 12.1 Å². The maximum atomic E-state index is 11.9. The minimum absolute atomic E-state index is 0.138. The van der Waals surface area contributed by atoms with Crippen LogP contribution in [0.25, 0.3) is 0 Å². The first-order valence-electron chi connectivity index (χ1n) is 4.45. The summed E-state index contributed by atoms with van der Waals surface area (Å²) < 4.78 is 40.6. The molecule has 0 aliphatic carbocycles. The van der Waals surface area contributed by atoms with Gasteiger partial charge in [0.2, 0.25) is 0 Å². The minimum atomic E-state index is -4.83. The monoisotopic (exact) mass is 233 g/mol. The number of carbonyl (C=O) groups is 1. The Morgan fingerprint density at radius 2 is 2.25 bits per heavy atom. The lowest BCUT2D eigenvalue weighted by atomic mass is 10.3. The van der Waals surface area contributed by atoms with Crippen LogP contribution in [0.1, 0.15) is 12.7 Å².